The summed E-state index contributed by atoms with van der Waals surface area (Å²) in [6, 6.07) is 4.90. The van der Waals surface area contributed by atoms with Crippen LogP contribution in [0.2, 0.25) is 10.0 Å². The van der Waals surface area contributed by atoms with E-state index in [0.29, 0.717) is 15.7 Å². The number of aliphatic hydroxyl groups is 1. The number of benzene rings is 1. The Bertz CT molecular complexity index is 418. The molecule has 0 saturated carbocycles. The van der Waals surface area contributed by atoms with Crippen molar-refractivity contribution >= 4 is 34.8 Å². The van der Waals surface area contributed by atoms with Crippen LogP contribution >= 0.6 is 23.2 Å². The third-order valence-electron chi connectivity index (χ3n) is 2.75. The van der Waals surface area contributed by atoms with Gasteiger partial charge in [0.1, 0.15) is 0 Å². The molecule has 0 spiro atoms. The van der Waals surface area contributed by atoms with Crippen molar-refractivity contribution in [3.05, 3.63) is 28.2 Å². The van der Waals surface area contributed by atoms with Crippen molar-refractivity contribution in [2.75, 3.05) is 18.5 Å². The molecular formula is C13H18Cl2N2O2. The summed E-state index contributed by atoms with van der Waals surface area (Å²) in [4.78, 5) is 11.8. The summed E-state index contributed by atoms with van der Waals surface area (Å²) in [7, 11) is 0. The maximum Gasteiger partial charge on any atom is 0.238 e. The fourth-order valence-corrected chi connectivity index (χ4v) is 2.03. The van der Waals surface area contributed by atoms with Gasteiger partial charge < -0.3 is 15.7 Å². The van der Waals surface area contributed by atoms with Crippen molar-refractivity contribution in [2.24, 2.45) is 5.92 Å². The van der Waals surface area contributed by atoms with Gasteiger partial charge in [-0.15, -0.1) is 0 Å². The fourth-order valence-electron chi connectivity index (χ4n) is 1.54. The number of halogens is 2. The quantitative estimate of drug-likeness (QED) is 0.757. The smallest absolute Gasteiger partial charge is 0.238 e. The number of carbonyl (C=O) groups is 1. The first-order chi connectivity index (χ1) is 8.95. The molecule has 6 heteroatoms. The molecule has 0 aliphatic rings. The molecule has 0 unspecified atom stereocenters. The zero-order chi connectivity index (χ0) is 14.4. The molecule has 3 N–H and O–H groups in total. The number of hydrogen-bond donors (Lipinski definition) is 3. The van der Waals surface area contributed by atoms with E-state index in [1.165, 1.54) is 0 Å². The minimum atomic E-state index is -0.255. The summed E-state index contributed by atoms with van der Waals surface area (Å²) in [5, 5.41) is 15.6. The lowest BCUT2D eigenvalue weighted by molar-refractivity contribution is -0.115. The zero-order valence-electron chi connectivity index (χ0n) is 10.9. The van der Waals surface area contributed by atoms with Gasteiger partial charge in [0.05, 0.1) is 28.9 Å². The zero-order valence-corrected chi connectivity index (χ0v) is 12.4. The Kier molecular flexibility index (Phi) is 6.58. The van der Waals surface area contributed by atoms with Crippen molar-refractivity contribution in [3.8, 4) is 0 Å². The molecule has 106 valence electrons. The second-order valence-electron chi connectivity index (χ2n) is 4.56. The summed E-state index contributed by atoms with van der Waals surface area (Å²) >= 11 is 11.9. The largest absolute Gasteiger partial charge is 0.395 e. The molecule has 0 radical (unpaired) electrons. The minimum Gasteiger partial charge on any atom is -0.395 e. The molecule has 1 amide bonds. The molecule has 0 aromatic heterocycles. The van der Waals surface area contributed by atoms with Gasteiger partial charge in [-0.1, -0.05) is 43.1 Å². The summed E-state index contributed by atoms with van der Waals surface area (Å²) in [6.45, 7) is 4.01. The highest BCUT2D eigenvalue weighted by Gasteiger charge is 2.14. The first-order valence-electron chi connectivity index (χ1n) is 6.03. The summed E-state index contributed by atoms with van der Waals surface area (Å²) in [6.07, 6.45) is 0. The molecule has 1 rings (SSSR count). The number of aliphatic hydroxyl groups excluding tert-OH is 1. The Morgan fingerprint density at radius 1 is 1.32 bits per heavy atom. The van der Waals surface area contributed by atoms with E-state index in [1.54, 1.807) is 18.2 Å². The molecule has 1 aromatic carbocycles. The van der Waals surface area contributed by atoms with Crippen molar-refractivity contribution in [1.82, 2.24) is 5.32 Å². The van der Waals surface area contributed by atoms with E-state index in [1.807, 2.05) is 13.8 Å². The average Bonchev–Trinajstić information content (AvgIpc) is 2.34. The van der Waals surface area contributed by atoms with Gasteiger partial charge in [0, 0.05) is 6.04 Å². The molecule has 0 heterocycles. The normalized spacial score (nSPS) is 12.5. The Morgan fingerprint density at radius 3 is 2.37 bits per heavy atom. The predicted octanol–water partition coefficient (Wildman–Crippen LogP) is 2.54. The van der Waals surface area contributed by atoms with E-state index < -0.39 is 0 Å². The van der Waals surface area contributed by atoms with Gasteiger partial charge in [-0.2, -0.15) is 0 Å². The number of anilines is 1. The third-order valence-corrected chi connectivity index (χ3v) is 3.38. The molecule has 0 aliphatic carbocycles. The Balaban J connectivity index is 2.56. The van der Waals surface area contributed by atoms with Crippen LogP contribution in [-0.4, -0.2) is 30.2 Å². The van der Waals surface area contributed by atoms with Crippen LogP contribution in [0.5, 0.6) is 0 Å². The number of nitrogens with one attached hydrogen (secondary N) is 2. The molecule has 1 atom stereocenters. The van der Waals surface area contributed by atoms with E-state index in [4.69, 9.17) is 28.3 Å². The first kappa shape index (κ1) is 16.2. The Labute approximate surface area is 123 Å². The fraction of sp³-hybridized carbons (Fsp3) is 0.462. The van der Waals surface area contributed by atoms with Crippen LogP contribution in [0.25, 0.3) is 0 Å². The summed E-state index contributed by atoms with van der Waals surface area (Å²) < 4.78 is 0. The molecule has 0 fully saturated rings. The van der Waals surface area contributed by atoms with E-state index in [-0.39, 0.29) is 31.0 Å². The summed E-state index contributed by atoms with van der Waals surface area (Å²) in [5.74, 6) is -0.0178. The van der Waals surface area contributed by atoms with Crippen molar-refractivity contribution in [3.63, 3.8) is 0 Å². The topological polar surface area (TPSA) is 61.4 Å². The van der Waals surface area contributed by atoms with Crippen LogP contribution in [0, 0.1) is 5.92 Å². The molecule has 4 nitrogen and oxygen atoms in total. The van der Waals surface area contributed by atoms with Gasteiger partial charge >= 0.3 is 0 Å². The predicted molar refractivity (Wildman–Crippen MR) is 78.8 cm³/mol. The third kappa shape index (κ3) is 4.99. The highest BCUT2D eigenvalue weighted by Crippen LogP contribution is 2.29. The van der Waals surface area contributed by atoms with Crippen LogP contribution in [0.3, 0.4) is 0 Å². The lowest BCUT2D eigenvalue weighted by Crippen LogP contribution is -2.41. The average molecular weight is 305 g/mol. The van der Waals surface area contributed by atoms with Gasteiger partial charge in [0.25, 0.3) is 0 Å². The van der Waals surface area contributed by atoms with Crippen LogP contribution in [-0.2, 0) is 4.79 Å². The Morgan fingerprint density at radius 2 is 1.89 bits per heavy atom. The van der Waals surface area contributed by atoms with Crippen LogP contribution in [0.15, 0.2) is 18.2 Å². The molecule has 1 aromatic rings. The second kappa shape index (κ2) is 7.70. The monoisotopic (exact) mass is 304 g/mol. The molecule has 0 saturated heterocycles. The Hall–Kier alpha value is -0.810. The van der Waals surface area contributed by atoms with Gasteiger partial charge in [-0.05, 0) is 18.1 Å². The number of amides is 1. The van der Waals surface area contributed by atoms with Crippen molar-refractivity contribution in [1.29, 1.82) is 0 Å². The van der Waals surface area contributed by atoms with E-state index >= 15 is 0 Å². The number of hydrogen-bond acceptors (Lipinski definition) is 3. The summed E-state index contributed by atoms with van der Waals surface area (Å²) in [5.41, 5.74) is 0.405. The van der Waals surface area contributed by atoms with Crippen molar-refractivity contribution in [2.45, 2.75) is 19.9 Å². The van der Waals surface area contributed by atoms with E-state index in [9.17, 15) is 4.79 Å². The van der Waals surface area contributed by atoms with E-state index in [2.05, 4.69) is 10.6 Å². The molecule has 0 bridgehead atoms. The highest BCUT2D eigenvalue weighted by molar-refractivity contribution is 6.39. The number of para-hydroxylation sites is 1. The van der Waals surface area contributed by atoms with Gasteiger partial charge in [0.2, 0.25) is 5.91 Å². The maximum absolute atomic E-state index is 11.8. The van der Waals surface area contributed by atoms with Gasteiger partial charge in [0.15, 0.2) is 0 Å². The first-order valence-corrected chi connectivity index (χ1v) is 6.79. The number of rotatable bonds is 6. The van der Waals surface area contributed by atoms with Crippen LogP contribution in [0.4, 0.5) is 5.69 Å². The molecule has 0 aliphatic heterocycles. The van der Waals surface area contributed by atoms with E-state index in [0.717, 1.165) is 0 Å². The van der Waals surface area contributed by atoms with Crippen LogP contribution < -0.4 is 10.6 Å². The molecule has 19 heavy (non-hydrogen) atoms. The van der Waals surface area contributed by atoms with Crippen molar-refractivity contribution < 1.29 is 9.90 Å². The molecular weight excluding hydrogens is 287 g/mol. The van der Waals surface area contributed by atoms with Gasteiger partial charge in [-0.3, -0.25) is 4.79 Å². The lowest BCUT2D eigenvalue weighted by atomic mass is 10.1. The van der Waals surface area contributed by atoms with Gasteiger partial charge in [-0.25, -0.2) is 0 Å². The maximum atomic E-state index is 11.8. The highest BCUT2D eigenvalue weighted by atomic mass is 35.5. The lowest BCUT2D eigenvalue weighted by Gasteiger charge is -2.19. The number of carbonyl (C=O) groups excluding carboxylic acids is 1. The minimum absolute atomic E-state index is 0.0161. The second-order valence-corrected chi connectivity index (χ2v) is 5.37. The SMILES string of the molecule is CC(C)[C@@H](CO)NCC(=O)Nc1c(Cl)cccc1Cl. The standard InChI is InChI=1S/C13H18Cl2N2O2/c1-8(2)11(7-18)16-6-12(19)17-13-9(14)4-3-5-10(13)15/h3-5,8,11,16,18H,6-7H2,1-2H3,(H,17,19)/t11-/m1/s1. The van der Waals surface area contributed by atoms with Crippen LogP contribution in [0.1, 0.15) is 13.8 Å².